The number of nitrogens with zero attached hydrogens (tertiary/aromatic N) is 3. The Hall–Kier alpha value is -2.22. The number of pyridine rings is 1. The molecule has 0 spiro atoms. The second-order valence-corrected chi connectivity index (χ2v) is 5.04. The SMILES string of the molecule is Nc1ncc([N+](=O)[O-])cc1C(=O)N(CCCO)C1CCC1. The molecule has 0 saturated heterocycles. The molecular formula is C13H18N4O4. The number of aromatic nitrogens is 1. The molecule has 0 radical (unpaired) electrons. The number of nitrogen functional groups attached to an aromatic ring is 1. The van der Waals surface area contributed by atoms with Crippen LogP contribution in [0.15, 0.2) is 12.3 Å². The van der Waals surface area contributed by atoms with Crippen LogP contribution >= 0.6 is 0 Å². The first-order chi connectivity index (χ1) is 10.0. The highest BCUT2D eigenvalue weighted by atomic mass is 16.6. The van der Waals surface area contributed by atoms with E-state index in [1.165, 1.54) is 0 Å². The van der Waals surface area contributed by atoms with E-state index in [2.05, 4.69) is 4.98 Å². The molecule has 2 rings (SSSR count). The van der Waals surface area contributed by atoms with Crippen molar-refractivity contribution < 1.29 is 14.8 Å². The van der Waals surface area contributed by atoms with E-state index in [1.807, 2.05) is 0 Å². The van der Waals surface area contributed by atoms with Gasteiger partial charge in [0.15, 0.2) is 0 Å². The van der Waals surface area contributed by atoms with Crippen LogP contribution in [0.3, 0.4) is 0 Å². The molecule has 1 fully saturated rings. The number of anilines is 1. The average molecular weight is 294 g/mol. The third-order valence-electron chi connectivity index (χ3n) is 3.68. The highest BCUT2D eigenvalue weighted by molar-refractivity contribution is 5.99. The van der Waals surface area contributed by atoms with Crippen molar-refractivity contribution in [1.82, 2.24) is 9.88 Å². The maximum Gasteiger partial charge on any atom is 0.288 e. The monoisotopic (exact) mass is 294 g/mol. The summed E-state index contributed by atoms with van der Waals surface area (Å²) in [5.41, 5.74) is 5.48. The van der Waals surface area contributed by atoms with Crippen LogP contribution in [-0.4, -0.2) is 45.0 Å². The summed E-state index contributed by atoms with van der Waals surface area (Å²) in [5, 5.41) is 19.7. The van der Waals surface area contributed by atoms with Gasteiger partial charge in [-0.25, -0.2) is 4.98 Å². The number of nitrogens with two attached hydrogens (primary N) is 1. The largest absolute Gasteiger partial charge is 0.396 e. The van der Waals surface area contributed by atoms with E-state index in [0.717, 1.165) is 31.5 Å². The van der Waals surface area contributed by atoms with E-state index in [4.69, 9.17) is 10.8 Å². The van der Waals surface area contributed by atoms with Crippen LogP contribution in [0.25, 0.3) is 0 Å². The molecule has 0 aromatic carbocycles. The van der Waals surface area contributed by atoms with Gasteiger partial charge in [-0.15, -0.1) is 0 Å². The van der Waals surface area contributed by atoms with E-state index in [-0.39, 0.29) is 35.6 Å². The Bertz CT molecular complexity index is 545. The summed E-state index contributed by atoms with van der Waals surface area (Å²) in [6.45, 7) is 0.390. The second kappa shape index (κ2) is 6.49. The van der Waals surface area contributed by atoms with Crippen molar-refractivity contribution in [1.29, 1.82) is 0 Å². The molecule has 1 aromatic rings. The summed E-state index contributed by atoms with van der Waals surface area (Å²) in [6.07, 6.45) is 4.35. The smallest absolute Gasteiger partial charge is 0.288 e. The summed E-state index contributed by atoms with van der Waals surface area (Å²) >= 11 is 0. The Balaban J connectivity index is 2.26. The predicted molar refractivity (Wildman–Crippen MR) is 75.7 cm³/mol. The van der Waals surface area contributed by atoms with Crippen molar-refractivity contribution >= 4 is 17.4 Å². The van der Waals surface area contributed by atoms with Gasteiger partial charge in [0.2, 0.25) is 0 Å². The Kier molecular flexibility index (Phi) is 4.69. The topological polar surface area (TPSA) is 123 Å². The van der Waals surface area contributed by atoms with Crippen LogP contribution in [-0.2, 0) is 0 Å². The van der Waals surface area contributed by atoms with Crippen molar-refractivity contribution in [3.8, 4) is 0 Å². The zero-order valence-electron chi connectivity index (χ0n) is 11.6. The van der Waals surface area contributed by atoms with Gasteiger partial charge < -0.3 is 15.7 Å². The van der Waals surface area contributed by atoms with Crippen LogP contribution < -0.4 is 5.73 Å². The summed E-state index contributed by atoms with van der Waals surface area (Å²) in [4.78, 5) is 28.1. The van der Waals surface area contributed by atoms with E-state index in [1.54, 1.807) is 4.90 Å². The number of rotatable bonds is 6. The lowest BCUT2D eigenvalue weighted by Crippen LogP contribution is -2.45. The third-order valence-corrected chi connectivity index (χ3v) is 3.68. The molecule has 0 unspecified atom stereocenters. The van der Waals surface area contributed by atoms with Gasteiger partial charge in [-0.05, 0) is 25.7 Å². The van der Waals surface area contributed by atoms with Crippen molar-refractivity contribution in [3.05, 3.63) is 27.9 Å². The number of aliphatic hydroxyl groups excluding tert-OH is 1. The fourth-order valence-electron chi connectivity index (χ4n) is 2.28. The molecule has 0 aliphatic heterocycles. The number of amides is 1. The summed E-state index contributed by atoms with van der Waals surface area (Å²) in [5.74, 6) is -0.374. The predicted octanol–water partition coefficient (Wildman–Crippen LogP) is 0.949. The minimum Gasteiger partial charge on any atom is -0.396 e. The highest BCUT2D eigenvalue weighted by Gasteiger charge is 2.30. The number of hydrogen-bond donors (Lipinski definition) is 2. The molecule has 114 valence electrons. The molecule has 1 aliphatic carbocycles. The van der Waals surface area contributed by atoms with Crippen molar-refractivity contribution in [2.45, 2.75) is 31.7 Å². The van der Waals surface area contributed by atoms with Crippen molar-refractivity contribution in [2.75, 3.05) is 18.9 Å². The van der Waals surface area contributed by atoms with Gasteiger partial charge >= 0.3 is 0 Å². The zero-order chi connectivity index (χ0) is 15.4. The maximum absolute atomic E-state index is 12.6. The standard InChI is InChI=1S/C13H18N4O4/c14-12-11(7-10(8-15-12)17(20)21)13(19)16(5-2-6-18)9-3-1-4-9/h7-9,18H,1-6H2,(H2,14,15). The highest BCUT2D eigenvalue weighted by Crippen LogP contribution is 2.28. The molecule has 0 atom stereocenters. The van der Waals surface area contributed by atoms with Gasteiger partial charge in [-0.1, -0.05) is 0 Å². The van der Waals surface area contributed by atoms with Crippen LogP contribution in [0.5, 0.6) is 0 Å². The quantitative estimate of drug-likeness (QED) is 0.594. The van der Waals surface area contributed by atoms with Crippen LogP contribution in [0.2, 0.25) is 0 Å². The lowest BCUT2D eigenvalue weighted by atomic mass is 9.90. The molecule has 21 heavy (non-hydrogen) atoms. The molecule has 0 bridgehead atoms. The van der Waals surface area contributed by atoms with E-state index in [9.17, 15) is 14.9 Å². The number of aliphatic hydroxyl groups is 1. The summed E-state index contributed by atoms with van der Waals surface area (Å²) in [6, 6.07) is 1.28. The Morgan fingerprint density at radius 1 is 1.57 bits per heavy atom. The molecule has 1 aromatic heterocycles. The van der Waals surface area contributed by atoms with Crippen LogP contribution in [0.4, 0.5) is 11.5 Å². The Morgan fingerprint density at radius 3 is 2.81 bits per heavy atom. The molecule has 3 N–H and O–H groups in total. The number of carbonyl (C=O) groups excluding carboxylic acids is 1. The number of nitro groups is 1. The molecule has 1 heterocycles. The van der Waals surface area contributed by atoms with Gasteiger partial charge in [-0.2, -0.15) is 0 Å². The molecular weight excluding hydrogens is 276 g/mol. The van der Waals surface area contributed by atoms with E-state index >= 15 is 0 Å². The van der Waals surface area contributed by atoms with Gasteiger partial charge in [-0.3, -0.25) is 14.9 Å². The lowest BCUT2D eigenvalue weighted by molar-refractivity contribution is -0.385. The minimum atomic E-state index is -0.607. The van der Waals surface area contributed by atoms with Gasteiger partial charge in [0.05, 0.1) is 10.5 Å². The van der Waals surface area contributed by atoms with E-state index < -0.39 is 4.92 Å². The van der Waals surface area contributed by atoms with Crippen molar-refractivity contribution in [3.63, 3.8) is 0 Å². The molecule has 8 nitrogen and oxygen atoms in total. The minimum absolute atomic E-state index is 0.0147. The average Bonchev–Trinajstić information content (AvgIpc) is 2.40. The van der Waals surface area contributed by atoms with Crippen LogP contribution in [0, 0.1) is 10.1 Å². The fourth-order valence-corrected chi connectivity index (χ4v) is 2.28. The first kappa shape index (κ1) is 15.2. The van der Waals surface area contributed by atoms with Gasteiger partial charge in [0.25, 0.3) is 11.6 Å². The second-order valence-electron chi connectivity index (χ2n) is 5.04. The van der Waals surface area contributed by atoms with Gasteiger partial charge in [0.1, 0.15) is 12.0 Å². The molecule has 1 saturated carbocycles. The third kappa shape index (κ3) is 3.27. The lowest BCUT2D eigenvalue weighted by Gasteiger charge is -2.37. The summed E-state index contributed by atoms with van der Waals surface area (Å²) in [7, 11) is 0. The summed E-state index contributed by atoms with van der Waals surface area (Å²) < 4.78 is 0. The normalized spacial score (nSPS) is 14.5. The first-order valence-corrected chi connectivity index (χ1v) is 6.86. The molecule has 1 amide bonds. The number of carbonyl (C=O) groups is 1. The fraction of sp³-hybridized carbons (Fsp3) is 0.538. The van der Waals surface area contributed by atoms with Crippen molar-refractivity contribution in [2.24, 2.45) is 0 Å². The molecule has 1 aliphatic rings. The number of hydrogen-bond acceptors (Lipinski definition) is 6. The molecule has 8 heteroatoms. The first-order valence-electron chi connectivity index (χ1n) is 6.86. The van der Waals surface area contributed by atoms with E-state index in [0.29, 0.717) is 13.0 Å². The Morgan fingerprint density at radius 2 is 2.29 bits per heavy atom. The maximum atomic E-state index is 12.6. The Labute approximate surface area is 121 Å². The zero-order valence-corrected chi connectivity index (χ0v) is 11.6. The van der Waals surface area contributed by atoms with Crippen LogP contribution in [0.1, 0.15) is 36.0 Å². The van der Waals surface area contributed by atoms with Gasteiger partial charge in [0, 0.05) is 25.3 Å².